The van der Waals surface area contributed by atoms with Gasteiger partial charge in [0.1, 0.15) is 0 Å². The van der Waals surface area contributed by atoms with E-state index in [-0.39, 0.29) is 16.8 Å². The van der Waals surface area contributed by atoms with Crippen molar-refractivity contribution in [2.75, 3.05) is 24.5 Å². The van der Waals surface area contributed by atoms with E-state index in [0.29, 0.717) is 31.0 Å². The minimum Gasteiger partial charge on any atom is -0.366 e. The molecule has 1 aliphatic rings. The predicted molar refractivity (Wildman–Crippen MR) is 137 cm³/mol. The van der Waals surface area contributed by atoms with Crippen molar-refractivity contribution in [3.05, 3.63) is 83.9 Å². The maximum absolute atomic E-state index is 13.8. The van der Waals surface area contributed by atoms with Crippen LogP contribution in [0.15, 0.2) is 82.2 Å². The van der Waals surface area contributed by atoms with Gasteiger partial charge in [-0.2, -0.15) is 9.29 Å². The number of aromatic nitrogens is 2. The first-order chi connectivity index (χ1) is 16.8. The van der Waals surface area contributed by atoms with Crippen LogP contribution in [0.3, 0.4) is 0 Å². The van der Waals surface area contributed by atoms with Gasteiger partial charge in [0.15, 0.2) is 0 Å². The Hall–Kier alpha value is -3.49. The second kappa shape index (κ2) is 9.28. The third kappa shape index (κ3) is 4.59. The van der Waals surface area contributed by atoms with E-state index >= 15 is 0 Å². The van der Waals surface area contributed by atoms with Gasteiger partial charge in [0.05, 0.1) is 10.5 Å². The Balaban J connectivity index is 1.42. The molecule has 0 amide bonds. The Labute approximate surface area is 206 Å². The average Bonchev–Trinajstić information content (AvgIpc) is 3.34. The van der Waals surface area contributed by atoms with Gasteiger partial charge in [0, 0.05) is 36.9 Å². The van der Waals surface area contributed by atoms with Crippen LogP contribution in [0, 0.1) is 13.8 Å². The van der Waals surface area contributed by atoms with Crippen LogP contribution in [0.2, 0.25) is 0 Å². The molecular formula is C27H28N4O3S. The lowest BCUT2D eigenvalue weighted by molar-refractivity contribution is 0.342. The summed E-state index contributed by atoms with van der Waals surface area (Å²) in [7, 11) is -3.77. The zero-order valence-corrected chi connectivity index (χ0v) is 20.9. The van der Waals surface area contributed by atoms with E-state index in [2.05, 4.69) is 47.1 Å². The Morgan fingerprint density at radius 3 is 2.43 bits per heavy atom. The summed E-state index contributed by atoms with van der Waals surface area (Å²) < 4.78 is 34.6. The van der Waals surface area contributed by atoms with Crippen LogP contribution in [0.25, 0.3) is 22.8 Å². The lowest BCUT2D eigenvalue weighted by Crippen LogP contribution is -2.53. The number of hydrogen-bond donors (Lipinski definition) is 0. The van der Waals surface area contributed by atoms with Crippen LogP contribution in [0.4, 0.5) is 5.69 Å². The van der Waals surface area contributed by atoms with Crippen molar-refractivity contribution in [2.24, 2.45) is 0 Å². The molecule has 4 aromatic rings. The van der Waals surface area contributed by atoms with Crippen molar-refractivity contribution in [1.29, 1.82) is 0 Å². The van der Waals surface area contributed by atoms with Gasteiger partial charge in [-0.3, -0.25) is 0 Å². The van der Waals surface area contributed by atoms with Gasteiger partial charge >= 0.3 is 0 Å². The van der Waals surface area contributed by atoms with E-state index in [0.717, 1.165) is 16.8 Å². The largest absolute Gasteiger partial charge is 0.366 e. The molecule has 1 aromatic heterocycles. The summed E-state index contributed by atoms with van der Waals surface area (Å²) in [6.07, 6.45) is 0. The van der Waals surface area contributed by atoms with E-state index in [1.807, 2.05) is 37.3 Å². The average molecular weight is 489 g/mol. The molecule has 0 saturated carbocycles. The highest BCUT2D eigenvalue weighted by Gasteiger charge is 2.34. The number of piperazine rings is 1. The number of nitrogens with zero attached hydrogens (tertiary/aromatic N) is 4. The first-order valence-electron chi connectivity index (χ1n) is 11.7. The van der Waals surface area contributed by atoms with Crippen molar-refractivity contribution in [3.8, 4) is 22.8 Å². The van der Waals surface area contributed by atoms with Crippen LogP contribution in [0.1, 0.15) is 18.1 Å². The maximum atomic E-state index is 13.8. The summed E-state index contributed by atoms with van der Waals surface area (Å²) in [6.45, 7) is 7.53. The van der Waals surface area contributed by atoms with Crippen LogP contribution in [-0.4, -0.2) is 48.5 Å². The van der Waals surface area contributed by atoms with Crippen molar-refractivity contribution in [3.63, 3.8) is 0 Å². The van der Waals surface area contributed by atoms with Gasteiger partial charge in [-0.25, -0.2) is 8.42 Å². The van der Waals surface area contributed by atoms with E-state index in [4.69, 9.17) is 4.52 Å². The molecule has 1 fully saturated rings. The number of aryl methyl sites for hydroxylation is 2. The standard InChI is InChI=1S/C27H28N4O3S/c1-19-11-13-22(14-12-19)26-28-27(34-29-26)24-9-4-5-10-25(24)35(32,33)30-15-16-31(21(3)18-30)23-8-6-7-20(2)17-23/h4-14,17,21H,15-16,18H2,1-3H3/t21-/m0/s1. The molecule has 0 bridgehead atoms. The Morgan fingerprint density at radius 1 is 0.914 bits per heavy atom. The first kappa shape index (κ1) is 23.3. The summed E-state index contributed by atoms with van der Waals surface area (Å²) in [5, 5.41) is 4.09. The highest BCUT2D eigenvalue weighted by atomic mass is 32.2. The third-order valence-corrected chi connectivity index (χ3v) is 8.32. The van der Waals surface area contributed by atoms with E-state index in [9.17, 15) is 8.42 Å². The third-order valence-electron chi connectivity index (χ3n) is 6.39. The Morgan fingerprint density at radius 2 is 1.69 bits per heavy atom. The van der Waals surface area contributed by atoms with Gasteiger partial charge in [-0.15, -0.1) is 0 Å². The fourth-order valence-corrected chi connectivity index (χ4v) is 6.19. The first-order valence-corrected chi connectivity index (χ1v) is 13.1. The summed E-state index contributed by atoms with van der Waals surface area (Å²) >= 11 is 0. The van der Waals surface area contributed by atoms with Crippen molar-refractivity contribution >= 4 is 15.7 Å². The second-order valence-corrected chi connectivity index (χ2v) is 10.9. The summed E-state index contributed by atoms with van der Waals surface area (Å²) in [6, 6.07) is 22.9. The molecule has 5 rings (SSSR count). The molecule has 0 spiro atoms. The van der Waals surface area contributed by atoms with Crippen molar-refractivity contribution in [1.82, 2.24) is 14.4 Å². The molecular weight excluding hydrogens is 460 g/mol. The molecule has 35 heavy (non-hydrogen) atoms. The van der Waals surface area contributed by atoms with E-state index in [1.165, 1.54) is 5.56 Å². The summed E-state index contributed by atoms with van der Waals surface area (Å²) in [5.41, 5.74) is 4.65. The summed E-state index contributed by atoms with van der Waals surface area (Å²) in [5.74, 6) is 0.610. The van der Waals surface area contributed by atoms with Gasteiger partial charge in [0.25, 0.3) is 5.89 Å². The predicted octanol–water partition coefficient (Wildman–Crippen LogP) is 4.92. The fraction of sp³-hybridized carbons (Fsp3) is 0.259. The van der Waals surface area contributed by atoms with Crippen molar-refractivity contribution in [2.45, 2.75) is 31.7 Å². The molecule has 0 unspecified atom stereocenters. The number of anilines is 1. The van der Waals surface area contributed by atoms with Gasteiger partial charge in [0.2, 0.25) is 15.8 Å². The lowest BCUT2D eigenvalue weighted by atomic mass is 10.1. The van der Waals surface area contributed by atoms with Gasteiger partial charge < -0.3 is 9.42 Å². The molecule has 1 atom stereocenters. The molecule has 0 N–H and O–H groups in total. The second-order valence-electron chi connectivity index (χ2n) is 9.03. The molecule has 180 valence electrons. The molecule has 0 aliphatic carbocycles. The number of sulfonamides is 1. The molecule has 3 aromatic carbocycles. The summed E-state index contributed by atoms with van der Waals surface area (Å²) in [4.78, 5) is 6.94. The SMILES string of the molecule is Cc1ccc(-c2noc(-c3ccccc3S(=O)(=O)N3CCN(c4cccc(C)c4)[C@@H](C)C3)n2)cc1. The quantitative estimate of drug-likeness (QED) is 0.397. The van der Waals surface area contributed by atoms with Crippen LogP contribution in [0.5, 0.6) is 0 Å². The minimum absolute atomic E-state index is 0.0315. The number of hydrogen-bond acceptors (Lipinski definition) is 6. The Kier molecular flexibility index (Phi) is 6.17. The molecule has 8 heteroatoms. The van der Waals surface area contributed by atoms with E-state index in [1.54, 1.807) is 28.6 Å². The van der Waals surface area contributed by atoms with Gasteiger partial charge in [-0.05, 0) is 50.6 Å². The smallest absolute Gasteiger partial charge is 0.259 e. The van der Waals surface area contributed by atoms with Crippen molar-refractivity contribution < 1.29 is 12.9 Å². The normalized spacial score (nSPS) is 17.0. The lowest BCUT2D eigenvalue weighted by Gasteiger charge is -2.40. The highest BCUT2D eigenvalue weighted by molar-refractivity contribution is 7.89. The minimum atomic E-state index is -3.77. The fourth-order valence-electron chi connectivity index (χ4n) is 4.49. The van der Waals surface area contributed by atoms with Crippen LogP contribution in [-0.2, 0) is 10.0 Å². The van der Waals surface area contributed by atoms with Gasteiger partial charge in [-0.1, -0.05) is 59.3 Å². The monoisotopic (exact) mass is 488 g/mol. The topological polar surface area (TPSA) is 79.5 Å². The Bertz CT molecular complexity index is 1450. The van der Waals surface area contributed by atoms with Crippen LogP contribution >= 0.6 is 0 Å². The molecule has 1 aliphatic heterocycles. The zero-order valence-electron chi connectivity index (χ0n) is 20.0. The molecule has 7 nitrogen and oxygen atoms in total. The zero-order chi connectivity index (χ0) is 24.6. The molecule has 1 saturated heterocycles. The highest BCUT2D eigenvalue weighted by Crippen LogP contribution is 2.32. The molecule has 2 heterocycles. The number of benzene rings is 3. The molecule has 0 radical (unpaired) electrons. The van der Waals surface area contributed by atoms with E-state index < -0.39 is 10.0 Å². The number of rotatable bonds is 5. The maximum Gasteiger partial charge on any atom is 0.259 e. The van der Waals surface area contributed by atoms with Crippen LogP contribution < -0.4 is 4.90 Å².